The molecule has 3 aliphatic rings. The first-order valence-electron chi connectivity index (χ1n) is 8.39. The second kappa shape index (κ2) is 4.57. The lowest BCUT2D eigenvalue weighted by Gasteiger charge is -2.45. The van der Waals surface area contributed by atoms with Gasteiger partial charge in [-0.3, -0.25) is 15.0 Å². The molecule has 1 aromatic rings. The molecule has 4 unspecified atom stereocenters. The van der Waals surface area contributed by atoms with Crippen LogP contribution in [0.25, 0.3) is 0 Å². The molecule has 3 N–H and O–H groups in total. The number of nitrogens with zero attached hydrogens (tertiary/aromatic N) is 1. The predicted octanol–water partition coefficient (Wildman–Crippen LogP) is 1.84. The SMILES string of the molecule is CC12CN(NC(=O)c3ccccc3F)C3(C(N)=O)CC1CCC23C. The molecule has 0 spiro atoms. The van der Waals surface area contributed by atoms with Crippen LogP contribution in [0.4, 0.5) is 4.39 Å². The van der Waals surface area contributed by atoms with E-state index < -0.39 is 23.2 Å². The van der Waals surface area contributed by atoms with E-state index >= 15 is 0 Å². The van der Waals surface area contributed by atoms with Crippen LogP contribution in [-0.2, 0) is 4.79 Å². The largest absolute Gasteiger partial charge is 0.368 e. The van der Waals surface area contributed by atoms with Gasteiger partial charge in [0.05, 0.1) is 5.56 Å². The third-order valence-corrected chi connectivity index (χ3v) is 7.32. The molecule has 0 radical (unpaired) electrons. The maximum atomic E-state index is 13.9. The molecular weight excluding hydrogens is 309 g/mol. The van der Waals surface area contributed by atoms with Gasteiger partial charge in [-0.25, -0.2) is 9.40 Å². The van der Waals surface area contributed by atoms with Gasteiger partial charge in [0.1, 0.15) is 11.4 Å². The molecule has 2 amide bonds. The van der Waals surface area contributed by atoms with Crippen molar-refractivity contribution >= 4 is 11.8 Å². The van der Waals surface area contributed by atoms with Gasteiger partial charge in [0.2, 0.25) is 5.91 Å². The smallest absolute Gasteiger partial charge is 0.268 e. The number of nitrogens with two attached hydrogens (primary N) is 1. The van der Waals surface area contributed by atoms with Gasteiger partial charge in [0, 0.05) is 12.0 Å². The number of benzene rings is 1. The highest BCUT2D eigenvalue weighted by Crippen LogP contribution is 2.75. The van der Waals surface area contributed by atoms with Crippen LogP contribution in [0.15, 0.2) is 24.3 Å². The van der Waals surface area contributed by atoms with Gasteiger partial charge >= 0.3 is 0 Å². The van der Waals surface area contributed by atoms with Crippen LogP contribution in [0, 0.1) is 22.6 Å². The summed E-state index contributed by atoms with van der Waals surface area (Å²) in [4.78, 5) is 25.0. The van der Waals surface area contributed by atoms with E-state index in [1.807, 2.05) is 0 Å². The van der Waals surface area contributed by atoms with E-state index in [-0.39, 0.29) is 16.4 Å². The summed E-state index contributed by atoms with van der Waals surface area (Å²) in [5.41, 5.74) is 7.37. The van der Waals surface area contributed by atoms with Crippen LogP contribution in [0.3, 0.4) is 0 Å². The fourth-order valence-corrected chi connectivity index (χ4v) is 5.75. The second-order valence-electron chi connectivity index (χ2n) is 7.92. The standard InChI is InChI=1S/C18H22FN3O2/c1-16-10-22(21-14(23)12-5-3-4-6-13(12)19)18(15(20)24)9-11(16)7-8-17(16,18)2/h3-6,11H,7-10H2,1-2H3,(H2,20,24)(H,21,23). The molecule has 128 valence electrons. The first kappa shape index (κ1) is 15.6. The summed E-state index contributed by atoms with van der Waals surface area (Å²) in [6.45, 7) is 4.86. The van der Waals surface area contributed by atoms with E-state index in [0.717, 1.165) is 12.8 Å². The van der Waals surface area contributed by atoms with Gasteiger partial charge in [0.15, 0.2) is 0 Å². The summed E-state index contributed by atoms with van der Waals surface area (Å²) < 4.78 is 13.9. The maximum Gasteiger partial charge on any atom is 0.268 e. The van der Waals surface area contributed by atoms with E-state index in [2.05, 4.69) is 19.3 Å². The van der Waals surface area contributed by atoms with E-state index in [1.54, 1.807) is 11.1 Å². The second-order valence-corrected chi connectivity index (χ2v) is 7.92. The molecule has 4 rings (SSSR count). The number of hydrogen-bond donors (Lipinski definition) is 2. The quantitative estimate of drug-likeness (QED) is 0.887. The molecule has 1 heterocycles. The third kappa shape index (κ3) is 1.53. The number of carbonyl (C=O) groups excluding carboxylic acids is 2. The Morgan fingerprint density at radius 1 is 1.33 bits per heavy atom. The zero-order chi connectivity index (χ0) is 17.3. The molecule has 0 aromatic heterocycles. The van der Waals surface area contributed by atoms with Gasteiger partial charge in [0.25, 0.3) is 5.91 Å². The lowest BCUT2D eigenvalue weighted by atomic mass is 9.65. The Bertz CT molecular complexity index is 754. The molecule has 1 aliphatic heterocycles. The van der Waals surface area contributed by atoms with Crippen molar-refractivity contribution in [2.45, 2.75) is 38.6 Å². The van der Waals surface area contributed by atoms with Crippen molar-refractivity contribution in [3.8, 4) is 0 Å². The number of nitrogens with one attached hydrogen (secondary N) is 1. The van der Waals surface area contributed by atoms with Crippen LogP contribution in [0.1, 0.15) is 43.5 Å². The molecule has 1 saturated heterocycles. The Morgan fingerprint density at radius 3 is 2.67 bits per heavy atom. The van der Waals surface area contributed by atoms with Gasteiger partial charge < -0.3 is 5.73 Å². The highest BCUT2D eigenvalue weighted by Gasteiger charge is 2.80. The molecule has 1 aromatic carbocycles. The monoisotopic (exact) mass is 331 g/mol. The summed E-state index contributed by atoms with van der Waals surface area (Å²) in [6, 6.07) is 5.84. The Morgan fingerprint density at radius 2 is 2.04 bits per heavy atom. The molecule has 2 aliphatic carbocycles. The highest BCUT2D eigenvalue weighted by atomic mass is 19.1. The predicted molar refractivity (Wildman–Crippen MR) is 86.1 cm³/mol. The summed E-state index contributed by atoms with van der Waals surface area (Å²) in [5, 5.41) is 1.69. The lowest BCUT2D eigenvalue weighted by Crippen LogP contribution is -2.66. The number of halogens is 1. The average molecular weight is 331 g/mol. The van der Waals surface area contributed by atoms with Gasteiger partial charge in [-0.05, 0) is 42.7 Å². The minimum absolute atomic E-state index is 0.0274. The average Bonchev–Trinajstić information content (AvgIpc) is 2.97. The number of carbonyl (C=O) groups is 2. The van der Waals surface area contributed by atoms with Gasteiger partial charge in [-0.2, -0.15) is 0 Å². The van der Waals surface area contributed by atoms with Crippen molar-refractivity contribution < 1.29 is 14.0 Å². The number of rotatable bonds is 3. The van der Waals surface area contributed by atoms with Crippen molar-refractivity contribution in [3.63, 3.8) is 0 Å². The number of amides is 2. The first-order valence-corrected chi connectivity index (χ1v) is 8.39. The summed E-state index contributed by atoms with van der Waals surface area (Å²) in [7, 11) is 0. The summed E-state index contributed by atoms with van der Waals surface area (Å²) >= 11 is 0. The van der Waals surface area contributed by atoms with Crippen molar-refractivity contribution in [1.29, 1.82) is 0 Å². The van der Waals surface area contributed by atoms with Crippen LogP contribution in [0.5, 0.6) is 0 Å². The number of piperidine rings is 1. The van der Waals surface area contributed by atoms with Crippen molar-refractivity contribution in [2.75, 3.05) is 6.54 Å². The zero-order valence-corrected chi connectivity index (χ0v) is 13.9. The third-order valence-electron chi connectivity index (χ3n) is 7.32. The van der Waals surface area contributed by atoms with E-state index in [0.29, 0.717) is 18.9 Å². The van der Waals surface area contributed by atoms with Crippen molar-refractivity contribution in [1.82, 2.24) is 10.4 Å². The fourth-order valence-electron chi connectivity index (χ4n) is 5.75. The molecule has 5 nitrogen and oxygen atoms in total. The van der Waals surface area contributed by atoms with Crippen LogP contribution < -0.4 is 11.2 Å². The number of hydrazine groups is 1. The Labute approximate surface area is 140 Å². The molecule has 4 atom stereocenters. The zero-order valence-electron chi connectivity index (χ0n) is 13.9. The highest BCUT2D eigenvalue weighted by molar-refractivity contribution is 5.95. The first-order chi connectivity index (χ1) is 11.3. The van der Waals surface area contributed by atoms with E-state index in [9.17, 15) is 14.0 Å². The number of primary amides is 1. The molecule has 4 bridgehead atoms. The normalized spacial score (nSPS) is 40.0. The fraction of sp³-hybridized carbons (Fsp3) is 0.556. The Hall–Kier alpha value is -1.95. The Kier molecular flexibility index (Phi) is 2.96. The van der Waals surface area contributed by atoms with E-state index in [1.165, 1.54) is 18.2 Å². The van der Waals surface area contributed by atoms with Gasteiger partial charge in [-0.15, -0.1) is 0 Å². The lowest BCUT2D eigenvalue weighted by molar-refractivity contribution is -0.137. The Balaban J connectivity index is 1.69. The van der Waals surface area contributed by atoms with E-state index in [4.69, 9.17) is 5.73 Å². The van der Waals surface area contributed by atoms with Crippen LogP contribution >= 0.6 is 0 Å². The molecular formula is C18H22FN3O2. The van der Waals surface area contributed by atoms with Crippen molar-refractivity contribution in [3.05, 3.63) is 35.6 Å². The summed E-state index contributed by atoms with van der Waals surface area (Å²) in [5.74, 6) is -1.07. The summed E-state index contributed by atoms with van der Waals surface area (Å²) in [6.07, 6.45) is 2.67. The maximum absolute atomic E-state index is 13.9. The van der Waals surface area contributed by atoms with Crippen molar-refractivity contribution in [2.24, 2.45) is 22.5 Å². The molecule has 6 heteroatoms. The van der Waals surface area contributed by atoms with Gasteiger partial charge in [-0.1, -0.05) is 26.0 Å². The van der Waals surface area contributed by atoms with Crippen LogP contribution in [-0.4, -0.2) is 28.9 Å². The topological polar surface area (TPSA) is 75.4 Å². The minimum Gasteiger partial charge on any atom is -0.368 e. The number of hydrogen-bond acceptors (Lipinski definition) is 3. The molecule has 3 fully saturated rings. The van der Waals surface area contributed by atoms with Crippen LogP contribution in [0.2, 0.25) is 0 Å². The minimum atomic E-state index is -0.883. The molecule has 2 saturated carbocycles. The molecule has 24 heavy (non-hydrogen) atoms.